The van der Waals surface area contributed by atoms with Crippen LogP contribution >= 0.6 is 0 Å². The molecule has 0 aliphatic rings. The molecule has 5 heteroatoms. The molecule has 0 fully saturated rings. The van der Waals surface area contributed by atoms with Crippen LogP contribution in [-0.2, 0) is 16.6 Å². The van der Waals surface area contributed by atoms with Gasteiger partial charge in [-0.25, -0.2) is 4.98 Å². The van der Waals surface area contributed by atoms with Crippen LogP contribution in [0.25, 0.3) is 11.0 Å². The number of ketones is 1. The molecule has 0 aliphatic heterocycles. The van der Waals surface area contributed by atoms with Crippen LogP contribution in [-0.4, -0.2) is 28.4 Å². The normalized spacial score (nSPS) is 10.7. The molecule has 2 rings (SSSR count). The first-order chi connectivity index (χ1) is 9.02. The highest BCUT2D eigenvalue weighted by molar-refractivity contribution is 6.00. The first-order valence-electron chi connectivity index (χ1n) is 6.06. The van der Waals surface area contributed by atoms with E-state index in [1.54, 1.807) is 12.1 Å². The van der Waals surface area contributed by atoms with Crippen molar-refractivity contribution in [2.24, 2.45) is 7.05 Å². The fourth-order valence-corrected chi connectivity index (χ4v) is 1.96. The molecule has 0 spiro atoms. The molecular weight excluding hydrogens is 244 g/mol. The van der Waals surface area contributed by atoms with E-state index in [1.165, 1.54) is 7.11 Å². The molecule has 0 bridgehead atoms. The Hall–Kier alpha value is -2.17. The van der Waals surface area contributed by atoms with Gasteiger partial charge in [-0.1, -0.05) is 0 Å². The summed E-state index contributed by atoms with van der Waals surface area (Å²) in [6.07, 6.45) is 0.263. The van der Waals surface area contributed by atoms with Gasteiger partial charge in [-0.2, -0.15) is 0 Å². The number of nitrogens with zero attached hydrogens (tertiary/aromatic N) is 2. The van der Waals surface area contributed by atoms with Gasteiger partial charge in [0.2, 0.25) is 0 Å². The molecular formula is C14H16N2O3. The van der Waals surface area contributed by atoms with Crippen molar-refractivity contribution in [2.75, 3.05) is 7.11 Å². The van der Waals surface area contributed by atoms with Gasteiger partial charge in [0.1, 0.15) is 5.82 Å². The van der Waals surface area contributed by atoms with Crippen molar-refractivity contribution in [2.45, 2.75) is 19.8 Å². The largest absolute Gasteiger partial charge is 0.469 e. The van der Waals surface area contributed by atoms with E-state index in [2.05, 4.69) is 9.72 Å². The van der Waals surface area contributed by atoms with Gasteiger partial charge in [0.05, 0.1) is 24.6 Å². The second kappa shape index (κ2) is 5.22. The number of aryl methyl sites for hydroxylation is 2. The van der Waals surface area contributed by atoms with Crippen molar-refractivity contribution in [1.82, 2.24) is 9.55 Å². The van der Waals surface area contributed by atoms with Crippen molar-refractivity contribution in [3.63, 3.8) is 0 Å². The monoisotopic (exact) mass is 260 g/mol. The highest BCUT2D eigenvalue weighted by Gasteiger charge is 2.12. The maximum absolute atomic E-state index is 12.0. The number of hydrogen-bond donors (Lipinski definition) is 0. The highest BCUT2D eigenvalue weighted by Crippen LogP contribution is 2.17. The van der Waals surface area contributed by atoms with Crippen LogP contribution < -0.4 is 0 Å². The molecule has 0 saturated carbocycles. The lowest BCUT2D eigenvalue weighted by molar-refractivity contribution is -0.140. The summed E-state index contributed by atoms with van der Waals surface area (Å²) in [5, 5.41) is 0. The summed E-state index contributed by atoms with van der Waals surface area (Å²) in [6, 6.07) is 5.41. The van der Waals surface area contributed by atoms with E-state index in [0.29, 0.717) is 5.56 Å². The first kappa shape index (κ1) is 13.3. The lowest BCUT2D eigenvalue weighted by Gasteiger charge is -2.01. The average molecular weight is 260 g/mol. The minimum absolute atomic E-state index is 0.0735. The number of esters is 1. The maximum Gasteiger partial charge on any atom is 0.305 e. The van der Waals surface area contributed by atoms with E-state index in [9.17, 15) is 9.59 Å². The van der Waals surface area contributed by atoms with Gasteiger partial charge in [0, 0.05) is 19.0 Å². The number of methoxy groups -OCH3 is 1. The Balaban J connectivity index is 2.21. The van der Waals surface area contributed by atoms with Crippen LogP contribution in [0, 0.1) is 6.92 Å². The number of ether oxygens (including phenoxy) is 1. The second-order valence-electron chi connectivity index (χ2n) is 4.42. The zero-order chi connectivity index (χ0) is 14.0. The van der Waals surface area contributed by atoms with Gasteiger partial charge < -0.3 is 9.30 Å². The van der Waals surface area contributed by atoms with Gasteiger partial charge in [-0.15, -0.1) is 0 Å². The Morgan fingerprint density at radius 3 is 2.74 bits per heavy atom. The van der Waals surface area contributed by atoms with E-state index in [0.717, 1.165) is 16.9 Å². The summed E-state index contributed by atoms with van der Waals surface area (Å²) in [7, 11) is 3.25. The number of imidazole rings is 1. The van der Waals surface area contributed by atoms with E-state index in [1.807, 2.05) is 24.6 Å². The second-order valence-corrected chi connectivity index (χ2v) is 4.42. The Morgan fingerprint density at radius 2 is 2.05 bits per heavy atom. The Labute approximate surface area is 111 Å². The van der Waals surface area contributed by atoms with Crippen LogP contribution in [0.2, 0.25) is 0 Å². The summed E-state index contributed by atoms with van der Waals surface area (Å²) in [6.45, 7) is 1.92. The molecule has 0 N–H and O–H groups in total. The molecule has 0 atom stereocenters. The summed E-state index contributed by atoms with van der Waals surface area (Å²) in [5.41, 5.74) is 2.36. The molecule has 1 heterocycles. The number of carbonyl (C=O) groups is 2. The SMILES string of the molecule is COC(=O)CCC(=O)c1ccc2c(c1)nc(C)n2C. The van der Waals surface area contributed by atoms with Crippen molar-refractivity contribution in [3.8, 4) is 0 Å². The van der Waals surface area contributed by atoms with Gasteiger partial charge in [0.15, 0.2) is 5.78 Å². The zero-order valence-corrected chi connectivity index (χ0v) is 11.3. The fraction of sp³-hybridized carbons (Fsp3) is 0.357. The fourth-order valence-electron chi connectivity index (χ4n) is 1.96. The van der Waals surface area contributed by atoms with Crippen molar-refractivity contribution in [1.29, 1.82) is 0 Å². The molecule has 5 nitrogen and oxygen atoms in total. The van der Waals surface area contributed by atoms with Crippen LogP contribution in [0.1, 0.15) is 29.0 Å². The summed E-state index contributed by atoms with van der Waals surface area (Å²) in [4.78, 5) is 27.4. The van der Waals surface area contributed by atoms with Gasteiger partial charge >= 0.3 is 5.97 Å². The van der Waals surface area contributed by atoms with Crippen LogP contribution in [0.15, 0.2) is 18.2 Å². The standard InChI is InChI=1S/C14H16N2O3/c1-9-15-11-8-10(4-5-12(11)16(9)2)13(17)6-7-14(18)19-3/h4-5,8H,6-7H2,1-3H3. The molecule has 1 aromatic heterocycles. The molecule has 0 saturated heterocycles. The van der Waals surface area contributed by atoms with E-state index in [4.69, 9.17) is 0 Å². The molecule has 100 valence electrons. The third-order valence-corrected chi connectivity index (χ3v) is 3.21. The number of benzene rings is 1. The molecule has 0 unspecified atom stereocenters. The Bertz CT molecular complexity index is 643. The molecule has 19 heavy (non-hydrogen) atoms. The lowest BCUT2D eigenvalue weighted by Crippen LogP contribution is -2.06. The summed E-state index contributed by atoms with van der Waals surface area (Å²) < 4.78 is 6.49. The van der Waals surface area contributed by atoms with Crippen molar-refractivity contribution < 1.29 is 14.3 Å². The third kappa shape index (κ3) is 2.65. The zero-order valence-electron chi connectivity index (χ0n) is 11.3. The van der Waals surface area contributed by atoms with E-state index in [-0.39, 0.29) is 24.6 Å². The number of aromatic nitrogens is 2. The Morgan fingerprint density at radius 1 is 1.32 bits per heavy atom. The third-order valence-electron chi connectivity index (χ3n) is 3.21. The predicted octanol–water partition coefficient (Wildman–Crippen LogP) is 2.02. The van der Waals surface area contributed by atoms with E-state index >= 15 is 0 Å². The quantitative estimate of drug-likeness (QED) is 0.623. The van der Waals surface area contributed by atoms with E-state index < -0.39 is 0 Å². The van der Waals surface area contributed by atoms with Crippen molar-refractivity contribution in [3.05, 3.63) is 29.6 Å². The average Bonchev–Trinajstić information content (AvgIpc) is 2.70. The maximum atomic E-state index is 12.0. The molecule has 0 aliphatic carbocycles. The predicted molar refractivity (Wildman–Crippen MR) is 71.0 cm³/mol. The lowest BCUT2D eigenvalue weighted by atomic mass is 10.1. The number of hydrogen-bond acceptors (Lipinski definition) is 4. The van der Waals surface area contributed by atoms with Crippen molar-refractivity contribution >= 4 is 22.8 Å². The molecule has 2 aromatic rings. The van der Waals surface area contributed by atoms with Crippen LogP contribution in [0.4, 0.5) is 0 Å². The minimum atomic E-state index is -0.372. The molecule has 0 radical (unpaired) electrons. The first-order valence-corrected chi connectivity index (χ1v) is 6.06. The highest BCUT2D eigenvalue weighted by atomic mass is 16.5. The minimum Gasteiger partial charge on any atom is -0.469 e. The molecule has 1 aromatic carbocycles. The topological polar surface area (TPSA) is 61.2 Å². The van der Waals surface area contributed by atoms with Crippen LogP contribution in [0.5, 0.6) is 0 Å². The number of fused-ring (bicyclic) bond motifs is 1. The number of carbonyl (C=O) groups excluding carboxylic acids is 2. The van der Waals surface area contributed by atoms with Gasteiger partial charge in [0.25, 0.3) is 0 Å². The smallest absolute Gasteiger partial charge is 0.305 e. The number of rotatable bonds is 4. The number of Topliss-reactive ketones (excluding diaryl/α,β-unsaturated/α-hetero) is 1. The van der Waals surface area contributed by atoms with Crippen LogP contribution in [0.3, 0.4) is 0 Å². The molecule has 0 amide bonds. The summed E-state index contributed by atoms with van der Waals surface area (Å²) >= 11 is 0. The van der Waals surface area contributed by atoms with Gasteiger partial charge in [-0.3, -0.25) is 9.59 Å². The van der Waals surface area contributed by atoms with Gasteiger partial charge in [-0.05, 0) is 25.1 Å². The Kier molecular flexibility index (Phi) is 3.64. The summed E-state index contributed by atoms with van der Waals surface area (Å²) in [5.74, 6) is 0.452.